The number of β-amino-alcohol motifs (C(OH)–C–C–N with tert-alkyl or cyclic N) is 1. The Morgan fingerprint density at radius 3 is 2.64 bits per heavy atom. The largest absolute Gasteiger partial charge is 0.389 e. The molecular formula is C16H26N2O3S. The maximum absolute atomic E-state index is 12.4. The highest BCUT2D eigenvalue weighted by atomic mass is 32.1. The number of aryl methyl sites for hydroxylation is 1. The molecule has 0 unspecified atom stereocenters. The zero-order chi connectivity index (χ0) is 15.9. The number of nitrogens with zero attached hydrogens (tertiary/aromatic N) is 2. The van der Waals surface area contributed by atoms with Crippen molar-refractivity contribution in [1.82, 2.24) is 9.80 Å². The summed E-state index contributed by atoms with van der Waals surface area (Å²) in [6, 6.07) is 3.97. The molecule has 0 aromatic carbocycles. The molecule has 0 saturated carbocycles. The van der Waals surface area contributed by atoms with Gasteiger partial charge in [-0.25, -0.2) is 0 Å². The maximum atomic E-state index is 12.4. The predicted octanol–water partition coefficient (Wildman–Crippen LogP) is 1.47. The molecule has 1 amide bonds. The van der Waals surface area contributed by atoms with Gasteiger partial charge in [0.25, 0.3) is 5.91 Å². The molecule has 1 saturated heterocycles. The Morgan fingerprint density at radius 1 is 1.32 bits per heavy atom. The van der Waals surface area contributed by atoms with Crippen LogP contribution >= 0.6 is 11.3 Å². The van der Waals surface area contributed by atoms with Gasteiger partial charge in [-0.15, -0.1) is 11.3 Å². The lowest BCUT2D eigenvalue weighted by Gasteiger charge is -2.35. The van der Waals surface area contributed by atoms with Gasteiger partial charge in [-0.3, -0.25) is 9.69 Å². The summed E-state index contributed by atoms with van der Waals surface area (Å²) in [6.07, 6.45) is 0.523. The van der Waals surface area contributed by atoms with E-state index < -0.39 is 6.10 Å². The summed E-state index contributed by atoms with van der Waals surface area (Å²) >= 11 is 1.59. The molecule has 1 aliphatic rings. The van der Waals surface area contributed by atoms with Crippen molar-refractivity contribution in [3.8, 4) is 0 Å². The van der Waals surface area contributed by atoms with Crippen LogP contribution in [0.1, 0.15) is 28.4 Å². The molecule has 0 spiro atoms. The summed E-state index contributed by atoms with van der Waals surface area (Å²) in [5.41, 5.74) is 0. The molecule has 1 aromatic rings. The number of ether oxygens (including phenoxy) is 1. The van der Waals surface area contributed by atoms with Crippen LogP contribution in [0.2, 0.25) is 0 Å². The third-order valence-electron chi connectivity index (χ3n) is 3.86. The summed E-state index contributed by atoms with van der Waals surface area (Å²) in [7, 11) is 0. The second-order valence-electron chi connectivity index (χ2n) is 5.53. The number of amides is 1. The number of hydrogen-bond acceptors (Lipinski definition) is 5. The van der Waals surface area contributed by atoms with Gasteiger partial charge in [-0.1, -0.05) is 6.92 Å². The summed E-state index contributed by atoms with van der Waals surface area (Å²) in [4.78, 5) is 18.6. The molecule has 5 nitrogen and oxygen atoms in total. The molecule has 0 aliphatic carbocycles. The van der Waals surface area contributed by atoms with Crippen molar-refractivity contribution < 1.29 is 14.6 Å². The predicted molar refractivity (Wildman–Crippen MR) is 88.5 cm³/mol. The van der Waals surface area contributed by atoms with Crippen molar-refractivity contribution in [3.63, 3.8) is 0 Å². The van der Waals surface area contributed by atoms with Gasteiger partial charge in [-0.2, -0.15) is 0 Å². The van der Waals surface area contributed by atoms with E-state index in [2.05, 4.69) is 11.8 Å². The first-order chi connectivity index (χ1) is 10.6. The number of carbonyl (C=O) groups is 1. The topological polar surface area (TPSA) is 53.0 Å². The molecule has 2 heterocycles. The average Bonchev–Trinajstić information content (AvgIpc) is 3.02. The average molecular weight is 326 g/mol. The van der Waals surface area contributed by atoms with E-state index in [1.165, 1.54) is 4.88 Å². The van der Waals surface area contributed by atoms with Gasteiger partial charge in [0.2, 0.25) is 0 Å². The number of hydrogen-bond donors (Lipinski definition) is 1. The second-order valence-corrected chi connectivity index (χ2v) is 6.69. The standard InChI is InChI=1S/C16H26N2O3S/c1-3-14-5-6-15(22-14)16(20)18-9-7-17(8-10-18)11-13(19)12-21-4-2/h5-6,13,19H,3-4,7-12H2,1-2H3/t13-/m1/s1. The normalized spacial score (nSPS) is 17.7. The van der Waals surface area contributed by atoms with E-state index in [0.717, 1.165) is 37.5 Å². The maximum Gasteiger partial charge on any atom is 0.264 e. The van der Waals surface area contributed by atoms with Crippen molar-refractivity contribution in [2.75, 3.05) is 45.9 Å². The van der Waals surface area contributed by atoms with E-state index in [0.29, 0.717) is 19.8 Å². The SMILES string of the molecule is CCOC[C@H](O)CN1CCN(C(=O)c2ccc(CC)s2)CC1. The summed E-state index contributed by atoms with van der Waals surface area (Å²) in [5, 5.41) is 9.87. The van der Waals surface area contributed by atoms with Crippen LogP contribution < -0.4 is 0 Å². The van der Waals surface area contributed by atoms with E-state index in [9.17, 15) is 9.90 Å². The van der Waals surface area contributed by atoms with E-state index in [-0.39, 0.29) is 5.91 Å². The van der Waals surface area contributed by atoms with Gasteiger partial charge in [0.15, 0.2) is 0 Å². The van der Waals surface area contributed by atoms with Crippen LogP contribution in [0.5, 0.6) is 0 Å². The molecule has 1 atom stereocenters. The Kier molecular flexibility index (Phi) is 6.82. The van der Waals surface area contributed by atoms with Crippen molar-refractivity contribution in [2.45, 2.75) is 26.4 Å². The van der Waals surface area contributed by atoms with E-state index >= 15 is 0 Å². The van der Waals surface area contributed by atoms with Crippen molar-refractivity contribution >= 4 is 17.2 Å². The fourth-order valence-electron chi connectivity index (χ4n) is 2.58. The summed E-state index contributed by atoms with van der Waals surface area (Å²) in [5.74, 6) is 0.138. The van der Waals surface area contributed by atoms with Gasteiger partial charge >= 0.3 is 0 Å². The molecule has 2 rings (SSSR count). The first-order valence-corrected chi connectivity index (χ1v) is 8.81. The minimum absolute atomic E-state index is 0.138. The Bertz CT molecular complexity index is 470. The minimum atomic E-state index is -0.452. The van der Waals surface area contributed by atoms with Crippen molar-refractivity contribution in [1.29, 1.82) is 0 Å². The lowest BCUT2D eigenvalue weighted by atomic mass is 10.2. The lowest BCUT2D eigenvalue weighted by Crippen LogP contribution is -2.50. The monoisotopic (exact) mass is 326 g/mol. The first kappa shape index (κ1) is 17.4. The van der Waals surface area contributed by atoms with Gasteiger partial charge < -0.3 is 14.7 Å². The highest BCUT2D eigenvalue weighted by Gasteiger charge is 2.24. The number of carbonyl (C=O) groups excluding carboxylic acids is 1. The van der Waals surface area contributed by atoms with Gasteiger partial charge in [0.05, 0.1) is 17.6 Å². The Labute approximate surface area is 136 Å². The smallest absolute Gasteiger partial charge is 0.264 e. The quantitative estimate of drug-likeness (QED) is 0.824. The van der Waals surface area contributed by atoms with Gasteiger partial charge in [0.1, 0.15) is 0 Å². The van der Waals surface area contributed by atoms with Crippen LogP contribution in [0.4, 0.5) is 0 Å². The molecule has 1 fully saturated rings. The fraction of sp³-hybridized carbons (Fsp3) is 0.688. The molecule has 0 radical (unpaired) electrons. The van der Waals surface area contributed by atoms with Crippen LogP contribution in [0.15, 0.2) is 12.1 Å². The molecule has 1 aliphatic heterocycles. The van der Waals surface area contributed by atoms with Crippen LogP contribution in [0.25, 0.3) is 0 Å². The van der Waals surface area contributed by atoms with E-state index in [1.807, 2.05) is 24.0 Å². The Morgan fingerprint density at radius 2 is 2.05 bits per heavy atom. The van der Waals surface area contributed by atoms with Crippen LogP contribution in [0.3, 0.4) is 0 Å². The lowest BCUT2D eigenvalue weighted by molar-refractivity contribution is 0.0112. The summed E-state index contributed by atoms with van der Waals surface area (Å²) < 4.78 is 5.23. The highest BCUT2D eigenvalue weighted by Crippen LogP contribution is 2.19. The fourth-order valence-corrected chi connectivity index (χ4v) is 3.49. The Balaban J connectivity index is 1.77. The first-order valence-electron chi connectivity index (χ1n) is 8.00. The zero-order valence-corrected chi connectivity index (χ0v) is 14.3. The highest BCUT2D eigenvalue weighted by molar-refractivity contribution is 7.14. The van der Waals surface area contributed by atoms with Gasteiger partial charge in [-0.05, 0) is 25.5 Å². The van der Waals surface area contributed by atoms with Gasteiger partial charge in [0, 0.05) is 44.2 Å². The molecule has 1 aromatic heterocycles. The second kappa shape index (κ2) is 8.62. The molecule has 22 heavy (non-hydrogen) atoms. The Hall–Kier alpha value is -0.950. The molecule has 6 heteroatoms. The van der Waals surface area contributed by atoms with Crippen LogP contribution in [-0.4, -0.2) is 72.9 Å². The third-order valence-corrected chi connectivity index (χ3v) is 5.08. The third kappa shape index (κ3) is 4.78. The molecule has 1 N–H and O–H groups in total. The number of aliphatic hydroxyl groups is 1. The van der Waals surface area contributed by atoms with Crippen LogP contribution in [-0.2, 0) is 11.2 Å². The molecular weight excluding hydrogens is 300 g/mol. The summed E-state index contributed by atoms with van der Waals surface area (Å²) in [6.45, 7) is 8.70. The molecule has 0 bridgehead atoms. The van der Waals surface area contributed by atoms with Crippen LogP contribution in [0, 0.1) is 0 Å². The van der Waals surface area contributed by atoms with E-state index in [1.54, 1.807) is 11.3 Å². The van der Waals surface area contributed by atoms with E-state index in [4.69, 9.17) is 4.74 Å². The number of rotatable bonds is 7. The number of aliphatic hydroxyl groups excluding tert-OH is 1. The number of piperazine rings is 1. The zero-order valence-electron chi connectivity index (χ0n) is 13.5. The minimum Gasteiger partial charge on any atom is -0.389 e. The molecule has 124 valence electrons. The van der Waals surface area contributed by atoms with Crippen molar-refractivity contribution in [2.24, 2.45) is 0 Å². The number of thiophene rings is 1. The van der Waals surface area contributed by atoms with Crippen molar-refractivity contribution in [3.05, 3.63) is 21.9 Å².